The number of nitrogens with one attached hydrogen (secondary N) is 2. The minimum Gasteiger partial charge on any atom is -0.465 e. The number of aromatic amines is 1. The topological polar surface area (TPSA) is 111 Å². The van der Waals surface area contributed by atoms with E-state index in [2.05, 4.69) is 15.5 Å². The number of hydrogen-bond acceptors (Lipinski definition) is 5. The Hall–Kier alpha value is -3.88. The molecule has 1 amide bonds. The number of pyridine rings is 1. The molecule has 148 valence electrons. The van der Waals surface area contributed by atoms with Gasteiger partial charge in [-0.1, -0.05) is 18.2 Å². The largest absolute Gasteiger partial charge is 0.465 e. The van der Waals surface area contributed by atoms with Crippen molar-refractivity contribution in [1.82, 2.24) is 24.6 Å². The number of hydrogen-bond donors (Lipinski definition) is 2. The maximum Gasteiger partial charge on any atom is 0.341 e. The van der Waals surface area contributed by atoms with Crippen LogP contribution in [0.25, 0.3) is 22.2 Å². The van der Waals surface area contributed by atoms with Gasteiger partial charge in [0.05, 0.1) is 12.7 Å². The Morgan fingerprint density at radius 2 is 2.03 bits per heavy atom. The monoisotopic (exact) mass is 393 g/mol. The Bertz CT molecular complexity index is 1250. The minimum atomic E-state index is -0.588. The number of esters is 1. The number of fused-ring (bicyclic) bond motifs is 2. The second-order valence-corrected chi connectivity index (χ2v) is 6.62. The third-order valence-corrected chi connectivity index (χ3v) is 4.86. The second kappa shape index (κ2) is 7.27. The first-order valence-corrected chi connectivity index (χ1v) is 8.98. The second-order valence-electron chi connectivity index (χ2n) is 6.62. The van der Waals surface area contributed by atoms with Crippen molar-refractivity contribution in [2.75, 3.05) is 13.7 Å². The van der Waals surface area contributed by atoms with Crippen molar-refractivity contribution >= 4 is 22.8 Å². The minimum absolute atomic E-state index is 0.184. The lowest BCUT2D eigenvalue weighted by Crippen LogP contribution is -2.29. The summed E-state index contributed by atoms with van der Waals surface area (Å²) < 4.78 is 8.27. The Morgan fingerprint density at radius 3 is 2.79 bits per heavy atom. The standard InChI is InChI=1S/C20H19N5O4/c1-24-15-6-4-3-5-12(15)9-16(24)19(27)21-7-8-25-10-13-17(22-23-18(13)26)14(11-25)20(28)29-2/h3-6,9-11H,7-8H2,1-2H3,(H,21,27)(H,23,26). The highest BCUT2D eigenvalue weighted by Crippen LogP contribution is 2.21. The number of amides is 1. The van der Waals surface area contributed by atoms with E-state index in [0.717, 1.165) is 10.9 Å². The number of H-pyrrole nitrogens is 1. The molecule has 29 heavy (non-hydrogen) atoms. The molecule has 0 fully saturated rings. The number of para-hydroxylation sites is 1. The molecule has 2 aliphatic rings. The van der Waals surface area contributed by atoms with E-state index in [9.17, 15) is 14.4 Å². The van der Waals surface area contributed by atoms with E-state index in [1.54, 1.807) is 17.0 Å². The van der Waals surface area contributed by atoms with Crippen molar-refractivity contribution in [3.05, 3.63) is 64.3 Å². The summed E-state index contributed by atoms with van der Waals surface area (Å²) in [6.45, 7) is 0.670. The van der Waals surface area contributed by atoms with Gasteiger partial charge in [-0.15, -0.1) is 0 Å². The molecule has 1 aromatic heterocycles. The molecule has 1 aromatic carbocycles. The summed E-state index contributed by atoms with van der Waals surface area (Å²) in [5.74, 6) is -0.790. The third-order valence-electron chi connectivity index (χ3n) is 4.86. The summed E-state index contributed by atoms with van der Waals surface area (Å²) in [6, 6.07) is 9.61. The number of aromatic nitrogens is 4. The summed E-state index contributed by atoms with van der Waals surface area (Å²) in [5, 5.41) is 10.1. The van der Waals surface area contributed by atoms with Crippen LogP contribution in [0.3, 0.4) is 0 Å². The number of nitrogens with zero attached hydrogens (tertiary/aromatic N) is 3. The first-order chi connectivity index (χ1) is 14.0. The van der Waals surface area contributed by atoms with Crippen LogP contribution in [-0.4, -0.2) is 44.9 Å². The average Bonchev–Trinajstić information content (AvgIpc) is 3.27. The SMILES string of the molecule is COC(=O)c1cn(CCNC(=O)c2cc3ccccc3n2C)cc2c(=O)[nH]nc1-2. The number of carbonyl (C=O) groups is 2. The highest BCUT2D eigenvalue weighted by molar-refractivity contribution is 5.98. The molecule has 0 atom stereocenters. The van der Waals surface area contributed by atoms with Gasteiger partial charge in [-0.2, -0.15) is 5.10 Å². The van der Waals surface area contributed by atoms with Crippen molar-refractivity contribution in [2.45, 2.75) is 6.54 Å². The predicted molar refractivity (Wildman–Crippen MR) is 106 cm³/mol. The lowest BCUT2D eigenvalue weighted by molar-refractivity contribution is 0.0600. The molecule has 0 saturated heterocycles. The normalized spacial score (nSPS) is 11.1. The van der Waals surface area contributed by atoms with E-state index >= 15 is 0 Å². The molecule has 9 nitrogen and oxygen atoms in total. The Balaban J connectivity index is 1.52. The van der Waals surface area contributed by atoms with Gasteiger partial charge in [0.25, 0.3) is 11.5 Å². The molecule has 2 aromatic rings. The van der Waals surface area contributed by atoms with Gasteiger partial charge >= 0.3 is 5.97 Å². The van der Waals surface area contributed by atoms with E-state index in [1.807, 2.05) is 41.9 Å². The molecule has 0 aliphatic carbocycles. The van der Waals surface area contributed by atoms with Crippen LogP contribution in [0.15, 0.2) is 47.5 Å². The third kappa shape index (κ3) is 3.27. The van der Waals surface area contributed by atoms with Crippen molar-refractivity contribution in [3.8, 4) is 11.3 Å². The van der Waals surface area contributed by atoms with Crippen LogP contribution in [0, 0.1) is 0 Å². The van der Waals surface area contributed by atoms with Crippen LogP contribution in [0.4, 0.5) is 0 Å². The van der Waals surface area contributed by atoms with Crippen LogP contribution < -0.4 is 10.9 Å². The summed E-state index contributed by atoms with van der Waals surface area (Å²) in [5.41, 5.74) is 1.87. The van der Waals surface area contributed by atoms with Gasteiger partial charge in [0, 0.05) is 43.4 Å². The summed E-state index contributed by atoms with van der Waals surface area (Å²) in [4.78, 5) is 36.5. The summed E-state index contributed by atoms with van der Waals surface area (Å²) >= 11 is 0. The van der Waals surface area contributed by atoms with Crippen molar-refractivity contribution < 1.29 is 14.3 Å². The average molecular weight is 393 g/mol. The lowest BCUT2D eigenvalue weighted by atomic mass is 10.1. The number of ether oxygens (including phenoxy) is 1. The Kier molecular flexibility index (Phi) is 4.63. The van der Waals surface area contributed by atoms with Gasteiger partial charge in [-0.25, -0.2) is 9.89 Å². The van der Waals surface area contributed by atoms with Crippen LogP contribution in [0.1, 0.15) is 20.8 Å². The fourth-order valence-electron chi connectivity index (χ4n) is 3.37. The molecule has 3 heterocycles. The molecule has 0 radical (unpaired) electrons. The van der Waals surface area contributed by atoms with Crippen molar-refractivity contribution in [3.63, 3.8) is 0 Å². The quantitative estimate of drug-likeness (QED) is 0.498. The van der Waals surface area contributed by atoms with Crippen LogP contribution >= 0.6 is 0 Å². The first kappa shape index (κ1) is 18.5. The van der Waals surface area contributed by atoms with Gasteiger partial charge in [0.1, 0.15) is 17.0 Å². The number of carbonyl (C=O) groups excluding carboxylic acids is 2. The van der Waals surface area contributed by atoms with E-state index in [1.165, 1.54) is 7.11 Å². The van der Waals surface area contributed by atoms with Gasteiger partial charge in [-0.3, -0.25) is 9.59 Å². The molecule has 0 bridgehead atoms. The molecule has 2 N–H and O–H groups in total. The van der Waals surface area contributed by atoms with Crippen LogP contribution in [0.2, 0.25) is 0 Å². The smallest absolute Gasteiger partial charge is 0.341 e. The van der Waals surface area contributed by atoms with Gasteiger partial charge in [0.15, 0.2) is 0 Å². The van der Waals surface area contributed by atoms with Gasteiger partial charge in [0.2, 0.25) is 0 Å². The maximum atomic E-state index is 12.6. The zero-order valence-electron chi connectivity index (χ0n) is 15.9. The van der Waals surface area contributed by atoms with E-state index < -0.39 is 5.97 Å². The number of rotatable bonds is 5. The van der Waals surface area contributed by atoms with E-state index in [0.29, 0.717) is 18.8 Å². The number of aryl methyl sites for hydroxylation is 1. The molecule has 0 spiro atoms. The first-order valence-electron chi connectivity index (χ1n) is 8.98. The molecule has 0 saturated carbocycles. The number of methoxy groups -OCH3 is 1. The fraction of sp³-hybridized carbons (Fsp3) is 0.200. The highest BCUT2D eigenvalue weighted by atomic mass is 16.5. The molecule has 2 aliphatic heterocycles. The fourth-order valence-corrected chi connectivity index (χ4v) is 3.37. The van der Waals surface area contributed by atoms with E-state index in [4.69, 9.17) is 4.74 Å². The van der Waals surface area contributed by atoms with Crippen LogP contribution in [0.5, 0.6) is 0 Å². The van der Waals surface area contributed by atoms with Gasteiger partial charge < -0.3 is 19.2 Å². The highest BCUT2D eigenvalue weighted by Gasteiger charge is 2.21. The zero-order valence-corrected chi connectivity index (χ0v) is 15.9. The Labute approximate surface area is 165 Å². The zero-order chi connectivity index (χ0) is 20.5. The van der Waals surface area contributed by atoms with Gasteiger partial charge in [-0.05, 0) is 12.1 Å². The maximum absolute atomic E-state index is 12.6. The number of benzene rings is 1. The van der Waals surface area contributed by atoms with Crippen molar-refractivity contribution in [1.29, 1.82) is 0 Å². The predicted octanol–water partition coefficient (Wildman–Crippen LogP) is 1.38. The molecule has 4 rings (SSSR count). The molecular formula is C20H19N5O4. The van der Waals surface area contributed by atoms with E-state index in [-0.39, 0.29) is 28.3 Å². The molecule has 9 heteroatoms. The van der Waals surface area contributed by atoms with Crippen molar-refractivity contribution in [2.24, 2.45) is 7.05 Å². The summed E-state index contributed by atoms with van der Waals surface area (Å²) in [7, 11) is 3.11. The lowest BCUT2D eigenvalue weighted by Gasteiger charge is -2.12. The Morgan fingerprint density at radius 1 is 1.24 bits per heavy atom. The molecule has 0 unspecified atom stereocenters. The summed E-state index contributed by atoms with van der Waals surface area (Å²) in [6.07, 6.45) is 3.15. The van der Waals surface area contributed by atoms with Crippen LogP contribution in [-0.2, 0) is 18.3 Å². The molecular weight excluding hydrogens is 374 g/mol.